The second-order valence-corrected chi connectivity index (χ2v) is 17.2. The molecule has 3 aromatic carbocycles. The third-order valence-electron chi connectivity index (χ3n) is 10.0. The van der Waals surface area contributed by atoms with E-state index in [1.165, 1.54) is 23.4 Å². The molecule has 272 valence electrons. The van der Waals surface area contributed by atoms with Gasteiger partial charge in [-0.05, 0) is 120 Å². The van der Waals surface area contributed by atoms with E-state index in [9.17, 15) is 19.1 Å². The van der Waals surface area contributed by atoms with E-state index in [4.69, 9.17) is 4.74 Å². The number of nitrogens with zero attached hydrogens (tertiary/aromatic N) is 5. The number of nitriles is 1. The van der Waals surface area contributed by atoms with E-state index in [0.29, 0.717) is 36.8 Å². The summed E-state index contributed by atoms with van der Waals surface area (Å²) in [5, 5.41) is 9.58. The Kier molecular flexibility index (Phi) is 11.2. The van der Waals surface area contributed by atoms with Crippen molar-refractivity contribution in [3.8, 4) is 6.07 Å². The van der Waals surface area contributed by atoms with Gasteiger partial charge in [-0.1, -0.05) is 24.3 Å². The lowest BCUT2D eigenvalue weighted by Gasteiger charge is -2.42. The highest BCUT2D eigenvalue weighted by Crippen LogP contribution is 2.34. The third-order valence-corrected chi connectivity index (χ3v) is 11.7. The summed E-state index contributed by atoms with van der Waals surface area (Å²) < 4.78 is 38.2. The molecular formula is C40H50FN5O4S. The SMILES string of the molecule is Cc1cc(C)c(C(=O)N2CCN(c3cccc(F)c3[S@@](C)(=O)=NC(=O)OC(C)(C)C)C[C@@H]2C)c(C)c1CC1CCN(c2ccccc2C#N)CC1. The average Bonchev–Trinajstić information content (AvgIpc) is 3.05. The van der Waals surface area contributed by atoms with Crippen LogP contribution in [-0.2, 0) is 20.9 Å². The maximum atomic E-state index is 15.4. The highest BCUT2D eigenvalue weighted by atomic mass is 32.2. The number of benzene rings is 3. The fraction of sp³-hybridized carbons (Fsp3) is 0.475. The number of hydrogen-bond acceptors (Lipinski definition) is 7. The number of ether oxygens (including phenoxy) is 1. The molecule has 0 aromatic heterocycles. The van der Waals surface area contributed by atoms with Gasteiger partial charge in [0.05, 0.1) is 26.7 Å². The molecule has 2 aliphatic heterocycles. The van der Waals surface area contributed by atoms with Crippen molar-refractivity contribution in [1.29, 1.82) is 5.26 Å². The Balaban J connectivity index is 1.32. The zero-order chi connectivity index (χ0) is 37.2. The number of rotatable bonds is 6. The van der Waals surface area contributed by atoms with E-state index < -0.39 is 27.2 Å². The molecule has 2 amide bonds. The smallest absolute Gasteiger partial charge is 0.442 e. The van der Waals surface area contributed by atoms with Crippen molar-refractivity contribution in [3.63, 3.8) is 0 Å². The van der Waals surface area contributed by atoms with E-state index in [1.807, 2.05) is 47.9 Å². The minimum atomic E-state index is -3.50. The van der Waals surface area contributed by atoms with Crippen molar-refractivity contribution in [3.05, 3.63) is 87.7 Å². The van der Waals surface area contributed by atoms with Crippen LogP contribution in [-0.4, -0.2) is 71.7 Å². The number of carbonyl (C=O) groups excluding carboxylic acids is 2. The average molecular weight is 716 g/mol. The molecule has 0 bridgehead atoms. The van der Waals surface area contributed by atoms with Crippen LogP contribution in [0, 0.1) is 43.8 Å². The number of piperidine rings is 1. The zero-order valence-corrected chi connectivity index (χ0v) is 31.9. The largest absolute Gasteiger partial charge is 0.442 e. The van der Waals surface area contributed by atoms with E-state index in [0.717, 1.165) is 54.7 Å². The molecule has 51 heavy (non-hydrogen) atoms. The highest BCUT2D eigenvalue weighted by molar-refractivity contribution is 7.93. The van der Waals surface area contributed by atoms with Gasteiger partial charge in [-0.15, -0.1) is 4.36 Å². The molecule has 11 heteroatoms. The molecule has 2 aliphatic rings. The predicted octanol–water partition coefficient (Wildman–Crippen LogP) is 7.82. The number of carbonyl (C=O) groups is 2. The minimum Gasteiger partial charge on any atom is -0.442 e. The van der Waals surface area contributed by atoms with Crippen LogP contribution in [0.4, 0.5) is 20.6 Å². The lowest BCUT2D eigenvalue weighted by molar-refractivity contribution is 0.0606. The van der Waals surface area contributed by atoms with Crippen molar-refractivity contribution >= 4 is 33.1 Å². The van der Waals surface area contributed by atoms with Gasteiger partial charge in [0.2, 0.25) is 0 Å². The van der Waals surface area contributed by atoms with Gasteiger partial charge < -0.3 is 19.4 Å². The summed E-state index contributed by atoms with van der Waals surface area (Å²) in [5.74, 6) is -0.271. The first-order chi connectivity index (χ1) is 24.0. The summed E-state index contributed by atoms with van der Waals surface area (Å²) in [6.45, 7) is 16.1. The van der Waals surface area contributed by atoms with Crippen molar-refractivity contribution < 1.29 is 22.9 Å². The molecule has 2 heterocycles. The number of aryl methyl sites for hydroxylation is 2. The van der Waals surface area contributed by atoms with Crippen molar-refractivity contribution in [2.75, 3.05) is 48.8 Å². The Bertz CT molecular complexity index is 1980. The van der Waals surface area contributed by atoms with Crippen LogP contribution in [0.5, 0.6) is 0 Å². The molecule has 0 N–H and O–H groups in total. The highest BCUT2D eigenvalue weighted by Gasteiger charge is 2.33. The molecule has 0 aliphatic carbocycles. The van der Waals surface area contributed by atoms with Gasteiger partial charge in [0, 0.05) is 50.6 Å². The number of hydrogen-bond donors (Lipinski definition) is 0. The van der Waals surface area contributed by atoms with E-state index >= 15 is 4.39 Å². The lowest BCUT2D eigenvalue weighted by Crippen LogP contribution is -2.54. The molecule has 0 radical (unpaired) electrons. The lowest BCUT2D eigenvalue weighted by atomic mass is 9.83. The van der Waals surface area contributed by atoms with Gasteiger partial charge in [-0.3, -0.25) is 4.79 Å². The monoisotopic (exact) mass is 715 g/mol. The number of anilines is 2. The van der Waals surface area contributed by atoms with Crippen LogP contribution in [0.25, 0.3) is 0 Å². The Morgan fingerprint density at radius 3 is 2.29 bits per heavy atom. The molecular weight excluding hydrogens is 666 g/mol. The van der Waals surface area contributed by atoms with E-state index in [2.05, 4.69) is 35.2 Å². The van der Waals surface area contributed by atoms with Gasteiger partial charge in [-0.2, -0.15) is 5.26 Å². The fourth-order valence-corrected chi connectivity index (χ4v) is 9.02. The van der Waals surface area contributed by atoms with E-state index in [1.54, 1.807) is 32.9 Å². The molecule has 2 fully saturated rings. The number of halogens is 1. The number of amides is 2. The van der Waals surface area contributed by atoms with E-state index in [-0.39, 0.29) is 16.8 Å². The minimum absolute atomic E-state index is 0.0278. The van der Waals surface area contributed by atoms with Crippen molar-refractivity contribution in [2.45, 2.75) is 84.3 Å². The van der Waals surface area contributed by atoms with Crippen LogP contribution >= 0.6 is 0 Å². The summed E-state index contributed by atoms with van der Waals surface area (Å²) in [4.78, 5) is 32.8. The first-order valence-corrected chi connectivity index (χ1v) is 19.6. The zero-order valence-electron chi connectivity index (χ0n) is 31.1. The third kappa shape index (κ3) is 8.39. The first-order valence-electron chi connectivity index (χ1n) is 17.6. The Morgan fingerprint density at radius 1 is 0.980 bits per heavy atom. The van der Waals surface area contributed by atoms with Crippen LogP contribution in [0.15, 0.2) is 57.8 Å². The van der Waals surface area contributed by atoms with Crippen molar-refractivity contribution in [1.82, 2.24) is 4.90 Å². The number of piperazine rings is 1. The normalized spacial score (nSPS) is 18.2. The van der Waals surface area contributed by atoms with Gasteiger partial charge in [-0.25, -0.2) is 13.4 Å². The predicted molar refractivity (Wildman–Crippen MR) is 201 cm³/mol. The quantitative estimate of drug-likeness (QED) is 0.256. The fourth-order valence-electron chi connectivity index (χ4n) is 7.59. The summed E-state index contributed by atoms with van der Waals surface area (Å²) in [7, 11) is -3.50. The maximum absolute atomic E-state index is 15.4. The standard InChI is InChI=1S/C40H50FN5O4S/c1-26-22-27(2)36(29(4)32(26)23-30-16-18-44(19-17-30)34-14-10-9-12-31(34)24-42)38(47)46-21-20-45(25-28(46)3)35-15-11-13-33(41)37(35)51(8,49)43-39(48)50-40(5,6)7/h9-15,22,28,30H,16-21,23,25H2,1-8H3/t28-,51+/m0/s1. The second kappa shape index (κ2) is 15.0. The molecule has 0 saturated carbocycles. The van der Waals surface area contributed by atoms with Gasteiger partial charge in [0.25, 0.3) is 5.91 Å². The molecule has 0 spiro atoms. The molecule has 3 aromatic rings. The Hall–Kier alpha value is -4.43. The topological polar surface area (TPSA) is 106 Å². The summed E-state index contributed by atoms with van der Waals surface area (Å²) in [6.07, 6.45) is 3.14. The molecule has 9 nitrogen and oxygen atoms in total. The summed E-state index contributed by atoms with van der Waals surface area (Å²) >= 11 is 0. The first kappa shape index (κ1) is 37.8. The van der Waals surface area contributed by atoms with Crippen LogP contribution in [0.1, 0.15) is 78.7 Å². The Labute approximate surface area is 302 Å². The van der Waals surface area contributed by atoms with Crippen molar-refractivity contribution in [2.24, 2.45) is 10.3 Å². The molecule has 0 unspecified atom stereocenters. The number of para-hydroxylation sites is 1. The Morgan fingerprint density at radius 2 is 1.65 bits per heavy atom. The van der Waals surface area contributed by atoms with Gasteiger partial charge in [0.15, 0.2) is 0 Å². The summed E-state index contributed by atoms with van der Waals surface area (Å²) in [6, 6.07) is 16.4. The van der Waals surface area contributed by atoms with Crippen LogP contribution in [0.3, 0.4) is 0 Å². The summed E-state index contributed by atoms with van der Waals surface area (Å²) in [5.41, 5.74) is 6.36. The maximum Gasteiger partial charge on any atom is 0.442 e. The van der Waals surface area contributed by atoms with Crippen LogP contribution < -0.4 is 9.80 Å². The molecule has 2 atom stereocenters. The second-order valence-electron chi connectivity index (χ2n) is 15.0. The van der Waals surface area contributed by atoms with Gasteiger partial charge >= 0.3 is 6.09 Å². The van der Waals surface area contributed by atoms with Gasteiger partial charge in [0.1, 0.15) is 22.4 Å². The molecule has 2 saturated heterocycles. The molecule has 5 rings (SSSR count). The van der Waals surface area contributed by atoms with Crippen LogP contribution in [0.2, 0.25) is 0 Å².